The quantitative estimate of drug-likeness (QED) is 0.589. The van der Waals surface area contributed by atoms with E-state index in [1.165, 1.54) is 6.26 Å². The van der Waals surface area contributed by atoms with Crippen LogP contribution in [0.3, 0.4) is 0 Å². The minimum Gasteiger partial charge on any atom is -0.465 e. The van der Waals surface area contributed by atoms with Gasteiger partial charge in [-0.15, -0.1) is 0 Å². The number of rotatable bonds is 4. The predicted octanol–water partition coefficient (Wildman–Crippen LogP) is 2.93. The second-order valence-electron chi connectivity index (χ2n) is 4.72. The number of furan rings is 1. The highest BCUT2D eigenvalue weighted by Crippen LogP contribution is 2.31. The molecule has 0 spiro atoms. The van der Waals surface area contributed by atoms with Crippen molar-refractivity contribution in [3.05, 3.63) is 54.2 Å². The molecule has 6 nitrogen and oxygen atoms in total. The van der Waals surface area contributed by atoms with Gasteiger partial charge in [0.1, 0.15) is 35.4 Å². The molecule has 6 heteroatoms. The molecule has 0 aliphatic carbocycles. The lowest BCUT2D eigenvalue weighted by molar-refractivity contribution is -0.108. The first-order chi connectivity index (χ1) is 11.3. The van der Waals surface area contributed by atoms with Gasteiger partial charge in [-0.1, -0.05) is 12.1 Å². The van der Waals surface area contributed by atoms with Crippen LogP contribution in [0.1, 0.15) is 11.6 Å². The van der Waals surface area contributed by atoms with Crippen LogP contribution in [0.25, 0.3) is 22.2 Å². The summed E-state index contributed by atoms with van der Waals surface area (Å²) in [6, 6.07) is 14.4. The fourth-order valence-corrected chi connectivity index (χ4v) is 2.34. The zero-order valence-electron chi connectivity index (χ0n) is 11.9. The van der Waals surface area contributed by atoms with Gasteiger partial charge in [0.25, 0.3) is 0 Å². The van der Waals surface area contributed by atoms with Crippen LogP contribution in [0.4, 0.5) is 0 Å². The number of carbonyl (C=O) groups excluding carboxylic acids is 1. The maximum absolute atomic E-state index is 11.3. The number of benzene rings is 1. The number of nitrogens with one attached hydrogen (secondary N) is 1. The molecular weight excluding hydrogens is 292 g/mol. The molecule has 0 radical (unpaired) electrons. The Morgan fingerprint density at radius 1 is 1.26 bits per heavy atom. The van der Waals surface area contributed by atoms with Gasteiger partial charge < -0.3 is 14.2 Å². The standard InChI is InChI=1S/C17H10N4O2/c18-8-11(10-22)16(15-6-3-7-23-15)12(9-19)17-20-13-4-1-2-5-14(13)21-17/h1-7,10-11H,(H,20,21)/b16-12-/t11-/m0/s1. The van der Waals surface area contributed by atoms with E-state index in [0.717, 1.165) is 5.52 Å². The third kappa shape index (κ3) is 2.50. The van der Waals surface area contributed by atoms with Crippen molar-refractivity contribution in [2.45, 2.75) is 0 Å². The SMILES string of the molecule is N#C/C(=C(/c1ccco1)[C@@H](C#N)C=O)c1nc2ccccc2[nH]1. The number of fused-ring (bicyclic) bond motifs is 1. The molecule has 0 amide bonds. The molecule has 2 heterocycles. The Morgan fingerprint density at radius 3 is 2.70 bits per heavy atom. The van der Waals surface area contributed by atoms with Crippen LogP contribution in [-0.2, 0) is 4.79 Å². The number of para-hydroxylation sites is 2. The molecule has 0 bridgehead atoms. The van der Waals surface area contributed by atoms with E-state index in [-0.39, 0.29) is 11.1 Å². The van der Waals surface area contributed by atoms with Crippen molar-refractivity contribution >= 4 is 28.5 Å². The van der Waals surface area contributed by atoms with Crippen LogP contribution in [0.15, 0.2) is 47.1 Å². The van der Waals surface area contributed by atoms with Crippen molar-refractivity contribution in [1.82, 2.24) is 9.97 Å². The van der Waals surface area contributed by atoms with Gasteiger partial charge in [0.05, 0.1) is 23.4 Å². The average Bonchev–Trinajstić information content (AvgIpc) is 3.24. The lowest BCUT2D eigenvalue weighted by atomic mass is 9.94. The molecule has 3 aromatic rings. The van der Waals surface area contributed by atoms with Crippen molar-refractivity contribution < 1.29 is 9.21 Å². The number of nitriles is 2. The Kier molecular flexibility index (Phi) is 3.73. The van der Waals surface area contributed by atoms with E-state index >= 15 is 0 Å². The summed E-state index contributed by atoms with van der Waals surface area (Å²) in [7, 11) is 0. The number of imidazole rings is 1. The van der Waals surface area contributed by atoms with Gasteiger partial charge in [-0.2, -0.15) is 10.5 Å². The van der Waals surface area contributed by atoms with Crippen LogP contribution < -0.4 is 0 Å². The summed E-state index contributed by atoms with van der Waals surface area (Å²) in [5.74, 6) is -0.535. The van der Waals surface area contributed by atoms with E-state index in [2.05, 4.69) is 9.97 Å². The van der Waals surface area contributed by atoms with Crippen molar-refractivity contribution in [1.29, 1.82) is 10.5 Å². The van der Waals surface area contributed by atoms with E-state index in [9.17, 15) is 15.3 Å². The van der Waals surface area contributed by atoms with Crippen LogP contribution in [-0.4, -0.2) is 16.3 Å². The number of H-pyrrole nitrogens is 1. The molecule has 0 unspecified atom stereocenters. The highest BCUT2D eigenvalue weighted by atomic mass is 16.3. The largest absolute Gasteiger partial charge is 0.465 e. The number of hydrogen-bond donors (Lipinski definition) is 1. The summed E-state index contributed by atoms with van der Waals surface area (Å²) in [5.41, 5.74) is 1.76. The maximum Gasteiger partial charge on any atom is 0.149 e. The molecule has 1 aromatic carbocycles. The number of allylic oxidation sites excluding steroid dienone is 2. The number of aldehydes is 1. The summed E-state index contributed by atoms with van der Waals surface area (Å²) >= 11 is 0. The van der Waals surface area contributed by atoms with Gasteiger partial charge in [0.15, 0.2) is 0 Å². The second-order valence-corrected chi connectivity index (χ2v) is 4.72. The van der Waals surface area contributed by atoms with Crippen molar-refractivity contribution in [2.24, 2.45) is 5.92 Å². The van der Waals surface area contributed by atoms with Crippen molar-refractivity contribution in [3.63, 3.8) is 0 Å². The maximum atomic E-state index is 11.3. The molecule has 2 aromatic heterocycles. The van der Waals surface area contributed by atoms with Gasteiger partial charge in [-0.25, -0.2) is 4.98 Å². The lowest BCUT2D eigenvalue weighted by Crippen LogP contribution is -2.05. The Labute approximate surface area is 131 Å². The van der Waals surface area contributed by atoms with Crippen LogP contribution >= 0.6 is 0 Å². The highest BCUT2D eigenvalue weighted by molar-refractivity contribution is 6.01. The molecule has 0 saturated carbocycles. The van der Waals surface area contributed by atoms with E-state index in [1.54, 1.807) is 18.2 Å². The summed E-state index contributed by atoms with van der Waals surface area (Å²) in [6.07, 6.45) is 1.90. The summed E-state index contributed by atoms with van der Waals surface area (Å²) in [4.78, 5) is 18.7. The number of carbonyl (C=O) groups is 1. The summed E-state index contributed by atoms with van der Waals surface area (Å²) < 4.78 is 5.30. The van der Waals surface area contributed by atoms with Crippen LogP contribution in [0.2, 0.25) is 0 Å². The minimum atomic E-state index is -1.12. The highest BCUT2D eigenvalue weighted by Gasteiger charge is 2.24. The molecule has 0 fully saturated rings. The molecule has 0 aliphatic heterocycles. The Morgan fingerprint density at radius 2 is 2.09 bits per heavy atom. The molecule has 0 saturated heterocycles. The third-order valence-electron chi connectivity index (χ3n) is 3.38. The topological polar surface area (TPSA) is 106 Å². The van der Waals surface area contributed by atoms with E-state index in [4.69, 9.17) is 4.42 Å². The monoisotopic (exact) mass is 302 g/mol. The number of hydrogen-bond acceptors (Lipinski definition) is 5. The molecular formula is C17H10N4O2. The molecule has 1 N–H and O–H groups in total. The van der Waals surface area contributed by atoms with E-state index in [0.29, 0.717) is 23.4 Å². The fourth-order valence-electron chi connectivity index (χ4n) is 2.34. The predicted molar refractivity (Wildman–Crippen MR) is 82.4 cm³/mol. The van der Waals surface area contributed by atoms with Gasteiger partial charge in [0, 0.05) is 5.57 Å². The Hall–Kier alpha value is -3.64. The first-order valence-corrected chi connectivity index (χ1v) is 6.76. The zero-order chi connectivity index (χ0) is 16.2. The zero-order valence-corrected chi connectivity index (χ0v) is 11.9. The molecule has 23 heavy (non-hydrogen) atoms. The fraction of sp³-hybridized carbons (Fsp3) is 0.0588. The van der Waals surface area contributed by atoms with Crippen molar-refractivity contribution in [3.8, 4) is 12.1 Å². The molecule has 0 aliphatic rings. The summed E-state index contributed by atoms with van der Waals surface area (Å²) in [6.45, 7) is 0. The molecule has 3 rings (SSSR count). The summed E-state index contributed by atoms with van der Waals surface area (Å²) in [5, 5.41) is 18.8. The Balaban J connectivity index is 2.28. The average molecular weight is 302 g/mol. The number of aromatic nitrogens is 2. The molecule has 1 atom stereocenters. The first-order valence-electron chi connectivity index (χ1n) is 6.76. The van der Waals surface area contributed by atoms with Gasteiger partial charge >= 0.3 is 0 Å². The smallest absolute Gasteiger partial charge is 0.149 e. The van der Waals surface area contributed by atoms with E-state index in [1.807, 2.05) is 30.3 Å². The first kappa shape index (κ1) is 14.3. The van der Waals surface area contributed by atoms with Gasteiger partial charge in [-0.3, -0.25) is 0 Å². The minimum absolute atomic E-state index is 0.106. The molecule has 110 valence electrons. The number of nitrogens with zero attached hydrogens (tertiary/aromatic N) is 3. The Bertz CT molecular complexity index is 935. The van der Waals surface area contributed by atoms with Crippen LogP contribution in [0.5, 0.6) is 0 Å². The lowest BCUT2D eigenvalue weighted by Gasteiger charge is -2.07. The normalized spacial score (nSPS) is 13.0. The third-order valence-corrected chi connectivity index (χ3v) is 3.38. The van der Waals surface area contributed by atoms with Gasteiger partial charge in [0.2, 0.25) is 0 Å². The van der Waals surface area contributed by atoms with E-state index < -0.39 is 5.92 Å². The van der Waals surface area contributed by atoms with Gasteiger partial charge in [-0.05, 0) is 24.3 Å². The number of aromatic amines is 1. The van der Waals surface area contributed by atoms with Crippen LogP contribution in [0, 0.1) is 28.6 Å². The second kappa shape index (κ2) is 6.00. The van der Waals surface area contributed by atoms with Crippen molar-refractivity contribution in [2.75, 3.05) is 0 Å².